The Morgan fingerprint density at radius 2 is 2.19 bits per heavy atom. The highest BCUT2D eigenvalue weighted by Crippen LogP contribution is 2.30. The Morgan fingerprint density at radius 3 is 2.81 bits per heavy atom. The molecule has 0 saturated carbocycles. The number of ether oxygens (including phenoxy) is 1. The van der Waals surface area contributed by atoms with Gasteiger partial charge in [0.15, 0.2) is 12.1 Å². The molecule has 0 aliphatic carbocycles. The fourth-order valence-electron chi connectivity index (χ4n) is 2.20. The number of ketones is 1. The van der Waals surface area contributed by atoms with Crippen LogP contribution in [0.1, 0.15) is 46.5 Å². The first-order valence-corrected chi connectivity index (χ1v) is 8.75. The second-order valence-electron chi connectivity index (χ2n) is 5.66. The number of hydrogen-bond acceptors (Lipinski definition) is 4. The molecule has 0 unspecified atom stereocenters. The number of hydrogen-bond donors (Lipinski definition) is 0. The number of carbonyl (C=O) groups excluding carboxylic acids is 2. The van der Waals surface area contributed by atoms with Crippen LogP contribution in [0, 0.1) is 11.8 Å². The SMILES string of the molecule is CCS[C@@H]1OC=C[C@H]1CC/C=C(/C=O)C(=O)CCC(C)C. The summed E-state index contributed by atoms with van der Waals surface area (Å²) in [6.07, 6.45) is 9.25. The van der Waals surface area contributed by atoms with Crippen molar-refractivity contribution in [3.05, 3.63) is 24.0 Å². The van der Waals surface area contributed by atoms with Crippen molar-refractivity contribution in [2.75, 3.05) is 5.75 Å². The number of aldehydes is 1. The average Bonchev–Trinajstić information content (AvgIpc) is 2.89. The highest BCUT2D eigenvalue weighted by molar-refractivity contribution is 7.99. The van der Waals surface area contributed by atoms with Crippen molar-refractivity contribution in [2.45, 2.75) is 51.9 Å². The van der Waals surface area contributed by atoms with Crippen LogP contribution >= 0.6 is 11.8 Å². The van der Waals surface area contributed by atoms with Crippen LogP contribution in [0.3, 0.4) is 0 Å². The fraction of sp³-hybridized carbons (Fsp3) is 0.647. The summed E-state index contributed by atoms with van der Waals surface area (Å²) in [7, 11) is 0. The molecular weight excluding hydrogens is 284 g/mol. The lowest BCUT2D eigenvalue weighted by Crippen LogP contribution is -2.12. The Balaban J connectivity index is 2.43. The van der Waals surface area contributed by atoms with E-state index in [1.165, 1.54) is 0 Å². The van der Waals surface area contributed by atoms with Gasteiger partial charge in [0.25, 0.3) is 0 Å². The molecule has 1 aliphatic rings. The Morgan fingerprint density at radius 1 is 1.43 bits per heavy atom. The molecule has 0 saturated heterocycles. The summed E-state index contributed by atoms with van der Waals surface area (Å²) < 4.78 is 5.53. The van der Waals surface area contributed by atoms with Gasteiger partial charge in [0, 0.05) is 12.3 Å². The third kappa shape index (κ3) is 6.51. The summed E-state index contributed by atoms with van der Waals surface area (Å²) >= 11 is 1.79. The van der Waals surface area contributed by atoms with Gasteiger partial charge in [0.1, 0.15) is 5.44 Å². The van der Waals surface area contributed by atoms with Crippen molar-refractivity contribution in [3.63, 3.8) is 0 Å². The van der Waals surface area contributed by atoms with Crippen LogP contribution in [0.25, 0.3) is 0 Å². The van der Waals surface area contributed by atoms with E-state index in [1.807, 2.05) is 0 Å². The van der Waals surface area contributed by atoms with Crippen LogP contribution in [0.4, 0.5) is 0 Å². The van der Waals surface area contributed by atoms with Gasteiger partial charge in [-0.15, -0.1) is 11.8 Å². The lowest BCUT2D eigenvalue weighted by atomic mass is 9.99. The zero-order valence-electron chi connectivity index (χ0n) is 13.2. The third-order valence-electron chi connectivity index (χ3n) is 3.48. The van der Waals surface area contributed by atoms with Gasteiger partial charge in [-0.25, -0.2) is 0 Å². The molecule has 4 heteroatoms. The summed E-state index contributed by atoms with van der Waals surface area (Å²) in [5.74, 6) is 1.84. The molecule has 0 radical (unpaired) electrons. The smallest absolute Gasteiger partial charge is 0.165 e. The van der Waals surface area contributed by atoms with E-state index in [1.54, 1.807) is 24.1 Å². The van der Waals surface area contributed by atoms with Gasteiger partial charge in [0.2, 0.25) is 0 Å². The summed E-state index contributed by atoms with van der Waals surface area (Å²) in [6, 6.07) is 0. The Bertz CT molecular complexity index is 399. The quantitative estimate of drug-likeness (QED) is 0.263. The first-order chi connectivity index (χ1) is 10.1. The second kappa shape index (κ2) is 9.82. The minimum atomic E-state index is -0.0311. The molecule has 0 aromatic heterocycles. The summed E-state index contributed by atoms with van der Waals surface area (Å²) in [4.78, 5) is 23.0. The Kier molecular flexibility index (Phi) is 8.43. The molecule has 1 rings (SSSR count). The van der Waals surface area contributed by atoms with Crippen LogP contribution in [0.5, 0.6) is 0 Å². The molecule has 0 spiro atoms. The maximum atomic E-state index is 11.9. The maximum Gasteiger partial charge on any atom is 0.165 e. The number of rotatable bonds is 10. The van der Waals surface area contributed by atoms with Crippen molar-refractivity contribution >= 4 is 23.8 Å². The van der Waals surface area contributed by atoms with Gasteiger partial charge in [-0.2, -0.15) is 0 Å². The van der Waals surface area contributed by atoms with E-state index in [2.05, 4.69) is 26.8 Å². The maximum absolute atomic E-state index is 11.9. The number of Topliss-reactive ketones (excluding diaryl/α,β-unsaturated/α-hetero) is 1. The van der Waals surface area contributed by atoms with Crippen molar-refractivity contribution in [2.24, 2.45) is 11.8 Å². The van der Waals surface area contributed by atoms with Crippen molar-refractivity contribution < 1.29 is 14.3 Å². The van der Waals surface area contributed by atoms with E-state index in [4.69, 9.17) is 4.74 Å². The summed E-state index contributed by atoms with van der Waals surface area (Å²) in [5, 5.41) is 0. The van der Waals surface area contributed by atoms with Crippen LogP contribution in [0.15, 0.2) is 24.0 Å². The van der Waals surface area contributed by atoms with E-state index >= 15 is 0 Å². The highest BCUT2D eigenvalue weighted by atomic mass is 32.2. The first-order valence-electron chi connectivity index (χ1n) is 7.70. The lowest BCUT2D eigenvalue weighted by molar-refractivity contribution is -0.117. The van der Waals surface area contributed by atoms with E-state index in [-0.39, 0.29) is 11.2 Å². The zero-order chi connectivity index (χ0) is 15.7. The van der Waals surface area contributed by atoms with Gasteiger partial charge in [-0.05, 0) is 37.0 Å². The van der Waals surface area contributed by atoms with Crippen LogP contribution in [0.2, 0.25) is 0 Å². The van der Waals surface area contributed by atoms with Gasteiger partial charge in [0.05, 0.1) is 11.8 Å². The van der Waals surface area contributed by atoms with Gasteiger partial charge in [-0.3, -0.25) is 9.59 Å². The molecule has 0 fully saturated rings. The molecular formula is C17H26O3S. The summed E-state index contributed by atoms with van der Waals surface area (Å²) in [5.41, 5.74) is 0.512. The molecule has 1 aliphatic heterocycles. The normalized spacial score (nSPS) is 21.6. The minimum absolute atomic E-state index is 0.0311. The van der Waals surface area contributed by atoms with Gasteiger partial charge < -0.3 is 4.74 Å². The van der Waals surface area contributed by atoms with Crippen molar-refractivity contribution in [3.8, 4) is 0 Å². The predicted molar refractivity (Wildman–Crippen MR) is 88.1 cm³/mol. The topological polar surface area (TPSA) is 43.4 Å². The fourth-order valence-corrected chi connectivity index (χ4v) is 3.14. The van der Waals surface area contributed by atoms with Crippen molar-refractivity contribution in [1.29, 1.82) is 0 Å². The van der Waals surface area contributed by atoms with Gasteiger partial charge >= 0.3 is 0 Å². The molecule has 21 heavy (non-hydrogen) atoms. The molecule has 0 amide bonds. The molecule has 0 bridgehead atoms. The van der Waals surface area contributed by atoms with Gasteiger partial charge in [-0.1, -0.05) is 26.8 Å². The second-order valence-corrected chi connectivity index (χ2v) is 7.04. The van der Waals surface area contributed by atoms with Crippen molar-refractivity contribution in [1.82, 2.24) is 0 Å². The van der Waals surface area contributed by atoms with Crippen LogP contribution in [-0.2, 0) is 14.3 Å². The number of allylic oxidation sites excluding steroid dienone is 2. The van der Waals surface area contributed by atoms with Crippen LogP contribution in [-0.4, -0.2) is 23.3 Å². The molecule has 2 atom stereocenters. The molecule has 1 heterocycles. The Labute approximate surface area is 132 Å². The van der Waals surface area contributed by atoms with E-state index in [9.17, 15) is 9.59 Å². The molecule has 0 N–H and O–H groups in total. The lowest BCUT2D eigenvalue weighted by Gasteiger charge is -2.16. The van der Waals surface area contributed by atoms with E-state index < -0.39 is 0 Å². The summed E-state index contributed by atoms with van der Waals surface area (Å²) in [6.45, 7) is 6.27. The molecule has 0 aromatic carbocycles. The standard InChI is InChI=1S/C17H26O3S/c1-4-21-17-14(10-11-20-17)6-5-7-15(12-18)16(19)9-8-13(2)3/h7,10-14,17H,4-6,8-9H2,1-3H3/b15-7-/t14-,17+/m1/s1. The van der Waals surface area contributed by atoms with E-state index in [0.717, 1.165) is 25.0 Å². The zero-order valence-corrected chi connectivity index (χ0v) is 14.0. The van der Waals surface area contributed by atoms with E-state index in [0.29, 0.717) is 30.1 Å². The minimum Gasteiger partial charge on any atom is -0.487 e. The number of carbonyl (C=O) groups is 2. The predicted octanol–water partition coefficient (Wildman–Crippen LogP) is 4.14. The highest BCUT2D eigenvalue weighted by Gasteiger charge is 2.23. The largest absolute Gasteiger partial charge is 0.487 e. The average molecular weight is 310 g/mol. The molecule has 118 valence electrons. The molecule has 0 aromatic rings. The molecule has 3 nitrogen and oxygen atoms in total. The first kappa shape index (κ1) is 18.0. The third-order valence-corrected chi connectivity index (χ3v) is 4.60. The van der Waals surface area contributed by atoms with Crippen LogP contribution < -0.4 is 0 Å². The Hall–Kier alpha value is -1.03. The number of thioether (sulfide) groups is 1. The monoisotopic (exact) mass is 310 g/mol.